The lowest BCUT2D eigenvalue weighted by molar-refractivity contribution is -0.118. The van der Waals surface area contributed by atoms with Gasteiger partial charge in [-0.25, -0.2) is 0 Å². The number of para-hydroxylation sites is 1. The van der Waals surface area contributed by atoms with Crippen LogP contribution in [-0.2, 0) is 9.59 Å². The van der Waals surface area contributed by atoms with E-state index in [0.717, 1.165) is 10.4 Å². The van der Waals surface area contributed by atoms with Gasteiger partial charge in [0, 0.05) is 17.0 Å². The zero-order chi connectivity index (χ0) is 18.1. The summed E-state index contributed by atoms with van der Waals surface area (Å²) < 4.78 is 0. The highest BCUT2D eigenvalue weighted by Gasteiger charge is 2.45. The molecule has 1 amide bonds. The number of nitrogens with zero attached hydrogens (tertiary/aromatic N) is 1. The predicted octanol–water partition coefficient (Wildman–Crippen LogP) is 4.57. The molecular formula is C20H21NO3S. The van der Waals surface area contributed by atoms with Crippen molar-refractivity contribution in [1.82, 2.24) is 0 Å². The Labute approximate surface area is 151 Å². The largest absolute Gasteiger partial charge is 0.503 e. The number of thiophene rings is 1. The van der Waals surface area contributed by atoms with Crippen LogP contribution in [0.15, 0.2) is 53.1 Å². The minimum Gasteiger partial charge on any atom is -0.503 e. The van der Waals surface area contributed by atoms with Gasteiger partial charge in [-0.3, -0.25) is 14.5 Å². The van der Waals surface area contributed by atoms with Crippen LogP contribution in [0.1, 0.15) is 36.8 Å². The number of carbonyl (C=O) groups is 2. The van der Waals surface area contributed by atoms with Crippen LogP contribution >= 0.6 is 11.3 Å². The minimum absolute atomic E-state index is 0.152. The molecule has 3 rings (SSSR count). The van der Waals surface area contributed by atoms with E-state index in [1.165, 1.54) is 16.2 Å². The Kier molecular flexibility index (Phi) is 4.77. The molecule has 1 aliphatic heterocycles. The zero-order valence-corrected chi connectivity index (χ0v) is 15.3. The van der Waals surface area contributed by atoms with Crippen molar-refractivity contribution in [2.45, 2.75) is 33.2 Å². The molecule has 130 valence electrons. The number of aliphatic hydroxyl groups is 1. The van der Waals surface area contributed by atoms with Crippen LogP contribution in [0.2, 0.25) is 0 Å². The second-order valence-electron chi connectivity index (χ2n) is 6.66. The maximum Gasteiger partial charge on any atom is 0.294 e. The van der Waals surface area contributed by atoms with Gasteiger partial charge in [-0.2, -0.15) is 0 Å². The highest BCUT2D eigenvalue weighted by atomic mass is 32.1. The summed E-state index contributed by atoms with van der Waals surface area (Å²) in [4.78, 5) is 28.0. The fourth-order valence-electron chi connectivity index (χ4n) is 3.14. The number of amides is 1. The number of hydrogen-bond acceptors (Lipinski definition) is 4. The van der Waals surface area contributed by atoms with Crippen molar-refractivity contribution in [2.75, 3.05) is 4.90 Å². The van der Waals surface area contributed by atoms with Gasteiger partial charge in [0.15, 0.2) is 11.5 Å². The van der Waals surface area contributed by atoms with E-state index >= 15 is 0 Å². The Balaban J connectivity index is 2.14. The summed E-state index contributed by atoms with van der Waals surface area (Å²) in [6, 6.07) is 10.6. The normalized spacial score (nSPS) is 17.7. The third-order valence-electron chi connectivity index (χ3n) is 4.29. The smallest absolute Gasteiger partial charge is 0.294 e. The van der Waals surface area contributed by atoms with Crippen LogP contribution < -0.4 is 4.90 Å². The topological polar surface area (TPSA) is 57.6 Å². The molecule has 1 aliphatic rings. The highest BCUT2D eigenvalue weighted by Crippen LogP contribution is 2.44. The second kappa shape index (κ2) is 6.84. The summed E-state index contributed by atoms with van der Waals surface area (Å²) in [5.41, 5.74) is 1.89. The molecule has 0 spiro atoms. The van der Waals surface area contributed by atoms with Gasteiger partial charge in [0.05, 0.1) is 5.57 Å². The summed E-state index contributed by atoms with van der Waals surface area (Å²) in [6.07, 6.45) is 0.302. The number of hydrogen-bond donors (Lipinski definition) is 1. The van der Waals surface area contributed by atoms with Crippen LogP contribution in [0.3, 0.4) is 0 Å². The first-order valence-corrected chi connectivity index (χ1v) is 9.18. The number of aliphatic hydroxyl groups excluding tert-OH is 1. The van der Waals surface area contributed by atoms with Crippen molar-refractivity contribution in [3.63, 3.8) is 0 Å². The third kappa shape index (κ3) is 3.12. The van der Waals surface area contributed by atoms with Crippen molar-refractivity contribution >= 4 is 28.7 Å². The van der Waals surface area contributed by atoms with Gasteiger partial charge in [0.2, 0.25) is 0 Å². The number of aryl methyl sites for hydroxylation is 1. The van der Waals surface area contributed by atoms with Gasteiger partial charge in [-0.05, 0) is 42.0 Å². The van der Waals surface area contributed by atoms with Crippen LogP contribution in [0.5, 0.6) is 0 Å². The van der Waals surface area contributed by atoms with Gasteiger partial charge in [-0.15, -0.1) is 11.3 Å². The number of anilines is 1. The summed E-state index contributed by atoms with van der Waals surface area (Å²) >= 11 is 1.50. The van der Waals surface area contributed by atoms with Gasteiger partial charge in [0.1, 0.15) is 6.04 Å². The summed E-state index contributed by atoms with van der Waals surface area (Å²) in [7, 11) is 0. The minimum atomic E-state index is -0.568. The standard InChI is InChI=1S/C20H21NO3S/c1-12(2)11-15(22)16-17(19-13(3)9-10-25-19)21(20(24)18(16)23)14-7-5-4-6-8-14/h4-10,12,17,23H,11H2,1-3H3. The molecular weight excluding hydrogens is 334 g/mol. The predicted molar refractivity (Wildman–Crippen MR) is 99.8 cm³/mol. The van der Waals surface area contributed by atoms with Crippen molar-refractivity contribution in [1.29, 1.82) is 0 Å². The van der Waals surface area contributed by atoms with Gasteiger partial charge >= 0.3 is 0 Å². The third-order valence-corrected chi connectivity index (χ3v) is 5.36. The zero-order valence-electron chi connectivity index (χ0n) is 14.5. The molecule has 1 N–H and O–H groups in total. The van der Waals surface area contributed by atoms with E-state index in [9.17, 15) is 14.7 Å². The van der Waals surface area contributed by atoms with Crippen molar-refractivity contribution in [2.24, 2.45) is 5.92 Å². The van der Waals surface area contributed by atoms with E-state index in [2.05, 4.69) is 0 Å². The monoisotopic (exact) mass is 355 g/mol. The molecule has 1 unspecified atom stereocenters. The molecule has 0 bridgehead atoms. The molecule has 4 nitrogen and oxygen atoms in total. The van der Waals surface area contributed by atoms with E-state index in [4.69, 9.17) is 0 Å². The van der Waals surface area contributed by atoms with Crippen molar-refractivity contribution in [3.8, 4) is 0 Å². The first-order valence-electron chi connectivity index (χ1n) is 8.30. The van der Waals surface area contributed by atoms with Crippen LogP contribution in [-0.4, -0.2) is 16.8 Å². The molecule has 5 heteroatoms. The molecule has 0 aliphatic carbocycles. The maximum atomic E-state index is 12.8. The molecule has 1 aromatic heterocycles. The van der Waals surface area contributed by atoms with Crippen LogP contribution in [0.25, 0.3) is 0 Å². The quantitative estimate of drug-likeness (QED) is 0.854. The maximum absolute atomic E-state index is 12.8. The Bertz CT molecular complexity index is 836. The molecule has 0 radical (unpaired) electrons. The highest BCUT2D eigenvalue weighted by molar-refractivity contribution is 7.10. The Morgan fingerprint density at radius 3 is 2.48 bits per heavy atom. The number of rotatable bonds is 5. The summed E-state index contributed by atoms with van der Waals surface area (Å²) in [5, 5.41) is 12.4. The van der Waals surface area contributed by atoms with E-state index in [1.807, 2.05) is 62.5 Å². The molecule has 0 saturated heterocycles. The lowest BCUT2D eigenvalue weighted by atomic mass is 9.94. The van der Waals surface area contributed by atoms with E-state index < -0.39 is 17.7 Å². The second-order valence-corrected chi connectivity index (χ2v) is 7.61. The first kappa shape index (κ1) is 17.4. The van der Waals surface area contributed by atoms with Crippen LogP contribution in [0, 0.1) is 12.8 Å². The average molecular weight is 355 g/mol. The molecule has 2 aromatic rings. The fourth-order valence-corrected chi connectivity index (χ4v) is 4.16. The Morgan fingerprint density at radius 1 is 1.24 bits per heavy atom. The molecule has 0 saturated carbocycles. The molecule has 1 aromatic carbocycles. The van der Waals surface area contributed by atoms with E-state index in [0.29, 0.717) is 12.1 Å². The van der Waals surface area contributed by atoms with Gasteiger partial charge in [-0.1, -0.05) is 32.0 Å². The summed E-state index contributed by atoms with van der Waals surface area (Å²) in [6.45, 7) is 5.86. The first-order chi connectivity index (χ1) is 11.9. The summed E-state index contributed by atoms with van der Waals surface area (Å²) in [5.74, 6) is -0.959. The SMILES string of the molecule is Cc1ccsc1C1C(C(=O)CC(C)C)=C(O)C(=O)N1c1ccccc1. The Morgan fingerprint density at radius 2 is 1.92 bits per heavy atom. The fraction of sp³-hybridized carbons (Fsp3) is 0.300. The lowest BCUT2D eigenvalue weighted by Gasteiger charge is -2.26. The molecule has 2 heterocycles. The average Bonchev–Trinajstić information content (AvgIpc) is 3.09. The van der Waals surface area contributed by atoms with Gasteiger partial charge in [0.25, 0.3) is 5.91 Å². The number of carbonyl (C=O) groups excluding carboxylic acids is 2. The number of Topliss-reactive ketones (excluding diaryl/α,β-unsaturated/α-hetero) is 1. The van der Waals surface area contributed by atoms with E-state index in [-0.39, 0.29) is 17.3 Å². The van der Waals surface area contributed by atoms with E-state index in [1.54, 1.807) is 0 Å². The molecule has 0 fully saturated rings. The van der Waals surface area contributed by atoms with Gasteiger partial charge < -0.3 is 5.11 Å². The number of benzene rings is 1. The lowest BCUT2D eigenvalue weighted by Crippen LogP contribution is -2.30. The van der Waals surface area contributed by atoms with Crippen molar-refractivity contribution in [3.05, 3.63) is 63.6 Å². The Hall–Kier alpha value is -2.40. The van der Waals surface area contributed by atoms with Crippen LogP contribution in [0.4, 0.5) is 5.69 Å². The molecule has 25 heavy (non-hydrogen) atoms. The van der Waals surface area contributed by atoms with Crippen molar-refractivity contribution < 1.29 is 14.7 Å². The number of ketones is 1. The molecule has 1 atom stereocenters.